The fourth-order valence-corrected chi connectivity index (χ4v) is 12.7. The van der Waals surface area contributed by atoms with Gasteiger partial charge >= 0.3 is 0 Å². The minimum absolute atomic E-state index is 0.00242. The Labute approximate surface area is 330 Å². The Balaban J connectivity index is 1.58. The van der Waals surface area contributed by atoms with Gasteiger partial charge in [0.2, 0.25) is 0 Å². The topological polar surface area (TPSA) is 44.8 Å². The summed E-state index contributed by atoms with van der Waals surface area (Å²) in [5.41, 5.74) is 4.07. The van der Waals surface area contributed by atoms with Gasteiger partial charge in [-0.15, -0.1) is 0 Å². The third kappa shape index (κ3) is 9.66. The highest BCUT2D eigenvalue weighted by atomic mass is 28.4. The minimum Gasteiger partial charge on any atom is -0.413 e. The summed E-state index contributed by atoms with van der Waals surface area (Å²) < 4.78 is 21.2. The molecule has 0 heterocycles. The lowest BCUT2D eigenvalue weighted by Crippen LogP contribution is -2.49. The van der Waals surface area contributed by atoms with Crippen LogP contribution in [-0.2, 0) is 18.1 Å². The normalized spacial score (nSPS) is 31.6. The average molecular weight is 783 g/mol. The summed E-state index contributed by atoms with van der Waals surface area (Å²) in [5, 5.41) is 0.404. The molecule has 5 unspecified atom stereocenters. The number of allylic oxidation sites excluding steroid dienone is 4. The van der Waals surface area contributed by atoms with Gasteiger partial charge in [-0.1, -0.05) is 113 Å². The van der Waals surface area contributed by atoms with Crippen molar-refractivity contribution in [2.45, 2.75) is 207 Å². The van der Waals surface area contributed by atoms with E-state index in [0.29, 0.717) is 17.8 Å². The van der Waals surface area contributed by atoms with E-state index in [4.69, 9.17) is 19.9 Å². The number of aldehydes is 1. The van der Waals surface area contributed by atoms with Crippen LogP contribution in [0.4, 0.5) is 0 Å². The van der Waals surface area contributed by atoms with E-state index in [1.54, 1.807) is 5.57 Å². The molecule has 4 aliphatic rings. The summed E-state index contributed by atoms with van der Waals surface area (Å²) in [6.45, 7) is 44.8. The molecule has 0 bridgehead atoms. The van der Waals surface area contributed by atoms with E-state index < -0.39 is 25.0 Å². The highest BCUT2D eigenvalue weighted by Gasteiger charge is 2.54. The van der Waals surface area contributed by atoms with Crippen molar-refractivity contribution in [2.75, 3.05) is 0 Å². The van der Waals surface area contributed by atoms with Crippen LogP contribution in [0, 0.1) is 28.6 Å². The van der Waals surface area contributed by atoms with Crippen molar-refractivity contribution in [1.29, 1.82) is 0 Å². The zero-order valence-corrected chi connectivity index (χ0v) is 40.6. The molecule has 0 N–H and O–H groups in total. The molecular weight excluding hydrogens is 701 g/mol. The van der Waals surface area contributed by atoms with Crippen LogP contribution in [0.25, 0.3) is 0 Å². The lowest BCUT2D eigenvalue weighted by atomic mass is 9.61. The zero-order valence-electron chi connectivity index (χ0n) is 37.6. The van der Waals surface area contributed by atoms with Gasteiger partial charge in [0.1, 0.15) is 6.29 Å². The highest BCUT2D eigenvalue weighted by Crippen LogP contribution is 2.60. The number of rotatable bonds is 12. The first kappa shape index (κ1) is 44.9. The number of carbonyl (C=O) groups excluding carboxylic acids is 1. The highest BCUT2D eigenvalue weighted by molar-refractivity contribution is 6.75. The predicted molar refractivity (Wildman–Crippen MR) is 235 cm³/mol. The van der Waals surface area contributed by atoms with Crippen molar-refractivity contribution in [3.8, 4) is 0 Å². The van der Waals surface area contributed by atoms with Gasteiger partial charge in [-0.25, -0.2) is 0 Å². The lowest BCUT2D eigenvalue weighted by Gasteiger charge is -2.45. The third-order valence-electron chi connectivity index (χ3n) is 15.9. The molecule has 0 aromatic rings. The second kappa shape index (κ2) is 15.5. The Hall–Kier alpha value is -0.839. The maximum absolute atomic E-state index is 12.3. The number of fused-ring (bicyclic) bond motifs is 1. The fraction of sp³-hybridized carbons (Fsp3) is 0.804. The van der Waals surface area contributed by atoms with Gasteiger partial charge in [0, 0.05) is 6.42 Å². The molecular formula is C46H82O4Si3. The van der Waals surface area contributed by atoms with Gasteiger partial charge in [-0.05, 0) is 140 Å². The molecule has 7 heteroatoms. The molecule has 4 rings (SSSR count). The quantitative estimate of drug-likeness (QED) is 0.112. The number of hydrogen-bond acceptors (Lipinski definition) is 4. The van der Waals surface area contributed by atoms with Crippen molar-refractivity contribution in [3.63, 3.8) is 0 Å². The first-order chi connectivity index (χ1) is 24.0. The van der Waals surface area contributed by atoms with E-state index >= 15 is 0 Å². The standard InChI is InChI=1S/C46H82O4Si3/c1-33(21-26-41(46(32-47)28-29-46)50-53(17,18)44(9,10)11)38-24-25-39-35(20-19-27-45(38,39)12)22-23-36-30-37(48-51(13,14)42(3,4)5)31-40(34(36)2)49-52(15,16)43(6,7)8/h21-23,26,32-33,37-41H,2,19-20,24-25,27-31H2,1,3-18H3/t33-,37?,38?,39?,40?,41?,45-/m1/s1. The summed E-state index contributed by atoms with van der Waals surface area (Å²) >= 11 is 0. The van der Waals surface area contributed by atoms with Gasteiger partial charge in [-0.2, -0.15) is 0 Å². The molecule has 0 spiro atoms. The Kier molecular flexibility index (Phi) is 13.1. The molecule has 7 atom stereocenters. The molecule has 4 saturated carbocycles. The molecule has 4 aliphatic carbocycles. The maximum Gasteiger partial charge on any atom is 0.192 e. The average Bonchev–Trinajstić information content (AvgIpc) is 3.72. The van der Waals surface area contributed by atoms with Crippen molar-refractivity contribution in [1.82, 2.24) is 0 Å². The smallest absolute Gasteiger partial charge is 0.192 e. The first-order valence-electron chi connectivity index (χ1n) is 21.3. The number of hydrogen-bond donors (Lipinski definition) is 0. The van der Waals surface area contributed by atoms with Crippen LogP contribution in [0.5, 0.6) is 0 Å². The lowest BCUT2D eigenvalue weighted by molar-refractivity contribution is -0.114. The van der Waals surface area contributed by atoms with Crippen LogP contribution in [0.2, 0.25) is 54.4 Å². The van der Waals surface area contributed by atoms with Crippen LogP contribution in [0.1, 0.15) is 134 Å². The van der Waals surface area contributed by atoms with Crippen molar-refractivity contribution in [2.24, 2.45) is 28.6 Å². The fourth-order valence-electron chi connectivity index (χ4n) is 8.77. The van der Waals surface area contributed by atoms with Gasteiger partial charge < -0.3 is 18.1 Å². The summed E-state index contributed by atoms with van der Waals surface area (Å²) in [6.07, 6.45) is 20.9. The predicted octanol–water partition coefficient (Wildman–Crippen LogP) is 13.7. The van der Waals surface area contributed by atoms with Crippen LogP contribution < -0.4 is 0 Å². The second-order valence-electron chi connectivity index (χ2n) is 22.8. The van der Waals surface area contributed by atoms with Crippen molar-refractivity contribution >= 4 is 31.2 Å². The summed E-state index contributed by atoms with van der Waals surface area (Å²) in [5.74, 6) is 1.66. The molecule has 302 valence electrons. The molecule has 0 aliphatic heterocycles. The van der Waals surface area contributed by atoms with E-state index in [1.165, 1.54) is 49.5 Å². The van der Waals surface area contributed by atoms with Crippen LogP contribution in [-0.4, -0.2) is 49.6 Å². The first-order valence-corrected chi connectivity index (χ1v) is 30.0. The summed E-state index contributed by atoms with van der Waals surface area (Å²) in [4.78, 5) is 12.3. The molecule has 53 heavy (non-hydrogen) atoms. The van der Waals surface area contributed by atoms with Crippen LogP contribution in [0.15, 0.2) is 47.6 Å². The zero-order chi connectivity index (χ0) is 40.2. The maximum atomic E-state index is 12.3. The Morgan fingerprint density at radius 3 is 1.89 bits per heavy atom. The number of carbonyl (C=O) groups is 1. The van der Waals surface area contributed by atoms with Gasteiger partial charge in [-0.3, -0.25) is 0 Å². The van der Waals surface area contributed by atoms with E-state index in [0.717, 1.165) is 25.7 Å². The van der Waals surface area contributed by atoms with Gasteiger partial charge in [0.25, 0.3) is 0 Å². The molecule has 4 fully saturated rings. The summed E-state index contributed by atoms with van der Waals surface area (Å²) in [6, 6.07) is 0. The Morgan fingerprint density at radius 1 is 0.792 bits per heavy atom. The Morgan fingerprint density at radius 2 is 1.36 bits per heavy atom. The van der Waals surface area contributed by atoms with Crippen LogP contribution in [0.3, 0.4) is 0 Å². The van der Waals surface area contributed by atoms with E-state index in [9.17, 15) is 4.79 Å². The minimum atomic E-state index is -2.03. The van der Waals surface area contributed by atoms with E-state index in [1.807, 2.05) is 0 Å². The molecule has 0 amide bonds. The van der Waals surface area contributed by atoms with Crippen molar-refractivity contribution < 1.29 is 18.1 Å². The Bertz CT molecular complexity index is 1430. The molecule has 4 nitrogen and oxygen atoms in total. The van der Waals surface area contributed by atoms with E-state index in [-0.39, 0.29) is 44.3 Å². The molecule has 0 aromatic carbocycles. The van der Waals surface area contributed by atoms with Crippen LogP contribution >= 0.6 is 0 Å². The molecule has 0 aromatic heterocycles. The van der Waals surface area contributed by atoms with Gasteiger partial charge in [0.05, 0.1) is 23.7 Å². The van der Waals surface area contributed by atoms with Crippen molar-refractivity contribution in [3.05, 3.63) is 47.6 Å². The SMILES string of the molecule is C=C1C(=CC=C2CCC[C@@]3(C)C2CCC3[C@H](C)C=CC(O[Si](C)(C)C(C)(C)C)C2(C=O)CC2)CC(O[Si](C)(C)C(C)(C)C)CC1O[Si](C)(C)C(C)(C)C. The second-order valence-corrected chi connectivity index (χ2v) is 37.0. The van der Waals surface area contributed by atoms with Gasteiger partial charge in [0.15, 0.2) is 25.0 Å². The van der Waals surface area contributed by atoms with E-state index in [2.05, 4.69) is 140 Å². The monoisotopic (exact) mass is 783 g/mol. The molecule has 0 saturated heterocycles. The summed E-state index contributed by atoms with van der Waals surface area (Å²) in [7, 11) is -6.00. The third-order valence-corrected chi connectivity index (χ3v) is 29.3. The molecule has 0 radical (unpaired) electrons. The largest absolute Gasteiger partial charge is 0.413 e.